The van der Waals surface area contributed by atoms with Gasteiger partial charge in [0.1, 0.15) is 10.8 Å². The zero-order chi connectivity index (χ0) is 13.8. The maximum atomic E-state index is 6.03. The van der Waals surface area contributed by atoms with Crippen molar-refractivity contribution in [2.24, 2.45) is 0 Å². The van der Waals surface area contributed by atoms with E-state index in [-0.39, 0.29) is 0 Å². The molecule has 2 N–H and O–H groups in total. The summed E-state index contributed by atoms with van der Waals surface area (Å²) in [6, 6.07) is 0. The first-order valence-corrected chi connectivity index (χ1v) is 6.41. The van der Waals surface area contributed by atoms with Gasteiger partial charge in [-0.15, -0.1) is 0 Å². The Morgan fingerprint density at radius 1 is 1.26 bits per heavy atom. The van der Waals surface area contributed by atoms with E-state index in [1.54, 1.807) is 6.20 Å². The molecule has 6 nitrogen and oxygen atoms in total. The van der Waals surface area contributed by atoms with Gasteiger partial charge in [-0.1, -0.05) is 11.6 Å². The molecule has 0 radical (unpaired) electrons. The van der Waals surface area contributed by atoms with E-state index >= 15 is 0 Å². The Morgan fingerprint density at radius 2 is 2.05 bits per heavy atom. The summed E-state index contributed by atoms with van der Waals surface area (Å²) >= 11 is 6.03. The van der Waals surface area contributed by atoms with Crippen molar-refractivity contribution in [2.75, 3.05) is 17.2 Å². The van der Waals surface area contributed by atoms with Crippen LogP contribution in [0, 0.1) is 13.8 Å². The molecule has 0 aromatic carbocycles. The van der Waals surface area contributed by atoms with E-state index in [0.717, 1.165) is 18.0 Å². The fraction of sp³-hybridized carbons (Fsp3) is 0.417. The highest BCUT2D eigenvalue weighted by molar-refractivity contribution is 6.32. The highest BCUT2D eigenvalue weighted by Gasteiger charge is 2.08. The van der Waals surface area contributed by atoms with Crippen molar-refractivity contribution < 1.29 is 4.42 Å². The molecule has 0 saturated heterocycles. The predicted octanol–water partition coefficient (Wildman–Crippen LogP) is 2.78. The molecule has 0 bridgehead atoms. The van der Waals surface area contributed by atoms with E-state index in [4.69, 9.17) is 16.0 Å². The van der Waals surface area contributed by atoms with E-state index in [9.17, 15) is 0 Å². The predicted molar refractivity (Wildman–Crippen MR) is 74.5 cm³/mol. The summed E-state index contributed by atoms with van der Waals surface area (Å²) in [6.45, 7) is 6.94. The lowest BCUT2D eigenvalue weighted by Crippen LogP contribution is -2.07. The zero-order valence-electron chi connectivity index (χ0n) is 11.1. The molecule has 0 unspecified atom stereocenters. The van der Waals surface area contributed by atoms with E-state index in [2.05, 4.69) is 25.6 Å². The van der Waals surface area contributed by atoms with Gasteiger partial charge in [-0.05, 0) is 20.8 Å². The van der Waals surface area contributed by atoms with Gasteiger partial charge in [-0.3, -0.25) is 0 Å². The van der Waals surface area contributed by atoms with Crippen LogP contribution in [0.4, 0.5) is 11.8 Å². The van der Waals surface area contributed by atoms with E-state index in [1.807, 2.05) is 20.8 Å². The molecule has 7 heteroatoms. The molecule has 0 amide bonds. The second-order valence-electron chi connectivity index (χ2n) is 4.02. The molecule has 19 heavy (non-hydrogen) atoms. The summed E-state index contributed by atoms with van der Waals surface area (Å²) in [4.78, 5) is 12.6. The van der Waals surface area contributed by atoms with Crippen molar-refractivity contribution in [2.45, 2.75) is 27.3 Å². The van der Waals surface area contributed by atoms with Crippen molar-refractivity contribution in [3.63, 3.8) is 0 Å². The molecule has 0 atom stereocenters. The molecule has 102 valence electrons. The molecule has 0 aliphatic carbocycles. The summed E-state index contributed by atoms with van der Waals surface area (Å²) in [7, 11) is 0. The van der Waals surface area contributed by atoms with Crippen LogP contribution in [0.5, 0.6) is 0 Å². The van der Waals surface area contributed by atoms with Gasteiger partial charge >= 0.3 is 0 Å². The number of halogens is 1. The zero-order valence-corrected chi connectivity index (χ0v) is 11.9. The van der Waals surface area contributed by atoms with Crippen LogP contribution in [0.15, 0.2) is 10.6 Å². The third-order valence-electron chi connectivity index (χ3n) is 2.56. The van der Waals surface area contributed by atoms with Gasteiger partial charge in [0, 0.05) is 6.54 Å². The Kier molecular flexibility index (Phi) is 4.21. The number of aryl methyl sites for hydroxylation is 2. The average molecular weight is 282 g/mol. The number of aromatic nitrogens is 3. The Bertz CT molecular complexity index is 550. The number of rotatable bonds is 5. The van der Waals surface area contributed by atoms with Gasteiger partial charge < -0.3 is 15.1 Å². The average Bonchev–Trinajstić information content (AvgIpc) is 2.70. The molecule has 0 aliphatic rings. The Morgan fingerprint density at radius 3 is 2.68 bits per heavy atom. The highest BCUT2D eigenvalue weighted by atomic mass is 35.5. The number of nitrogens with zero attached hydrogens (tertiary/aromatic N) is 3. The standard InChI is InChI=1S/C12H16ClN5O/c1-4-14-12-16-5-9(13)11(18-12)15-6-10-17-7(2)8(3)19-10/h5H,4,6H2,1-3H3,(H2,14,15,16,18). The maximum absolute atomic E-state index is 6.03. The van der Waals surface area contributed by atoms with Crippen LogP contribution >= 0.6 is 11.6 Å². The van der Waals surface area contributed by atoms with Crippen LogP contribution in [0.25, 0.3) is 0 Å². The third-order valence-corrected chi connectivity index (χ3v) is 2.84. The summed E-state index contributed by atoms with van der Waals surface area (Å²) in [5, 5.41) is 6.58. The molecule has 0 spiro atoms. The van der Waals surface area contributed by atoms with Crippen LogP contribution in [0.3, 0.4) is 0 Å². The van der Waals surface area contributed by atoms with Gasteiger partial charge in [0.25, 0.3) is 0 Å². The molecule has 2 rings (SSSR count). The minimum absolute atomic E-state index is 0.428. The smallest absolute Gasteiger partial charge is 0.224 e. The second kappa shape index (κ2) is 5.88. The Balaban J connectivity index is 2.07. The van der Waals surface area contributed by atoms with E-state index in [0.29, 0.717) is 29.2 Å². The monoisotopic (exact) mass is 281 g/mol. The number of anilines is 2. The summed E-state index contributed by atoms with van der Waals surface area (Å²) in [6.07, 6.45) is 1.56. The topological polar surface area (TPSA) is 75.9 Å². The summed E-state index contributed by atoms with van der Waals surface area (Å²) in [5.74, 6) is 2.52. The minimum Gasteiger partial charge on any atom is -0.444 e. The first kappa shape index (κ1) is 13.6. The van der Waals surface area contributed by atoms with Crippen LogP contribution in [0.2, 0.25) is 5.02 Å². The first-order valence-electron chi connectivity index (χ1n) is 6.03. The highest BCUT2D eigenvalue weighted by Crippen LogP contribution is 2.20. The molecular weight excluding hydrogens is 266 g/mol. The SMILES string of the molecule is CCNc1ncc(Cl)c(NCc2nc(C)c(C)o2)n1. The normalized spacial score (nSPS) is 10.5. The maximum Gasteiger partial charge on any atom is 0.224 e. The lowest BCUT2D eigenvalue weighted by Gasteiger charge is -2.07. The van der Waals surface area contributed by atoms with Crippen LogP contribution in [-0.2, 0) is 6.54 Å². The molecule has 0 saturated carbocycles. The molecule has 0 aliphatic heterocycles. The minimum atomic E-state index is 0.428. The number of nitrogens with one attached hydrogen (secondary N) is 2. The largest absolute Gasteiger partial charge is 0.444 e. The molecule has 2 heterocycles. The van der Waals surface area contributed by atoms with E-state index < -0.39 is 0 Å². The van der Waals surface area contributed by atoms with Crippen molar-refractivity contribution in [1.29, 1.82) is 0 Å². The lowest BCUT2D eigenvalue weighted by molar-refractivity contribution is 0.478. The van der Waals surface area contributed by atoms with Crippen molar-refractivity contribution in [1.82, 2.24) is 15.0 Å². The van der Waals surface area contributed by atoms with Crippen LogP contribution in [-0.4, -0.2) is 21.5 Å². The lowest BCUT2D eigenvalue weighted by atomic mass is 10.4. The fourth-order valence-electron chi connectivity index (χ4n) is 1.51. The Hall–Kier alpha value is -1.82. The summed E-state index contributed by atoms with van der Waals surface area (Å²) < 4.78 is 5.48. The van der Waals surface area contributed by atoms with Crippen molar-refractivity contribution in [3.8, 4) is 0 Å². The van der Waals surface area contributed by atoms with Gasteiger partial charge in [-0.2, -0.15) is 4.98 Å². The first-order chi connectivity index (χ1) is 9.10. The molecule has 2 aromatic heterocycles. The molecule has 2 aromatic rings. The van der Waals surface area contributed by atoms with Gasteiger partial charge in [0.15, 0.2) is 5.82 Å². The van der Waals surface area contributed by atoms with Gasteiger partial charge in [-0.25, -0.2) is 9.97 Å². The number of hydrogen-bond donors (Lipinski definition) is 2. The van der Waals surface area contributed by atoms with Crippen LogP contribution < -0.4 is 10.6 Å². The van der Waals surface area contributed by atoms with E-state index in [1.165, 1.54) is 0 Å². The molecule has 0 fully saturated rings. The van der Waals surface area contributed by atoms with Crippen molar-refractivity contribution >= 4 is 23.4 Å². The number of hydrogen-bond acceptors (Lipinski definition) is 6. The second-order valence-corrected chi connectivity index (χ2v) is 4.43. The number of oxazole rings is 1. The van der Waals surface area contributed by atoms with Crippen LogP contribution in [0.1, 0.15) is 24.3 Å². The fourth-order valence-corrected chi connectivity index (χ4v) is 1.67. The molecular formula is C12H16ClN5O. The quantitative estimate of drug-likeness (QED) is 0.878. The Labute approximate surface area is 116 Å². The van der Waals surface area contributed by atoms with Gasteiger partial charge in [0.05, 0.1) is 18.4 Å². The summed E-state index contributed by atoms with van der Waals surface area (Å²) in [5.41, 5.74) is 0.888. The van der Waals surface area contributed by atoms with Crippen molar-refractivity contribution in [3.05, 3.63) is 28.6 Å². The third kappa shape index (κ3) is 3.35. The van der Waals surface area contributed by atoms with Gasteiger partial charge in [0.2, 0.25) is 11.8 Å².